The third kappa shape index (κ3) is 13.6. The Morgan fingerprint density at radius 3 is 2.18 bits per heavy atom. The number of carbonyl (C=O) groups excluding carboxylic acids is 5. The van der Waals surface area contributed by atoms with Crippen LogP contribution in [0.3, 0.4) is 0 Å². The van der Waals surface area contributed by atoms with Crippen LogP contribution in [0.15, 0.2) is 48.6 Å². The van der Waals surface area contributed by atoms with E-state index in [1.807, 2.05) is 13.8 Å². The van der Waals surface area contributed by atoms with Crippen molar-refractivity contribution in [3.05, 3.63) is 54.1 Å². The van der Waals surface area contributed by atoms with E-state index in [2.05, 4.69) is 37.1 Å². The number of nitrogens with one attached hydrogen (secondary N) is 2. The summed E-state index contributed by atoms with van der Waals surface area (Å²) < 4.78 is 53.2. The largest absolute Gasteiger partial charge is 0.497 e. The maximum atomic E-state index is 14.3. The number of carbonyl (C=O) groups is 5. The van der Waals surface area contributed by atoms with Crippen molar-refractivity contribution in [1.29, 1.82) is 0 Å². The van der Waals surface area contributed by atoms with Gasteiger partial charge in [0.05, 0.1) is 38.1 Å². The summed E-state index contributed by atoms with van der Waals surface area (Å²) >= 11 is 0. The van der Waals surface area contributed by atoms with Crippen LogP contribution < -0.4 is 15.4 Å². The van der Waals surface area contributed by atoms with Crippen LogP contribution in [0.4, 0.5) is 9.59 Å². The van der Waals surface area contributed by atoms with Gasteiger partial charge >= 0.3 is 24.1 Å². The summed E-state index contributed by atoms with van der Waals surface area (Å²) in [5, 5.41) is 53.2. The number of hydrogen-bond donors (Lipinski definition) is 6. The Morgan fingerprint density at radius 1 is 0.833 bits per heavy atom. The third-order valence-electron chi connectivity index (χ3n) is 18.0. The molecule has 20 nitrogen and oxygen atoms in total. The molecule has 2 amide bonds. The first-order valence-corrected chi connectivity index (χ1v) is 28.2. The van der Waals surface area contributed by atoms with Crippen LogP contribution in [-0.4, -0.2) is 157 Å². The van der Waals surface area contributed by atoms with Gasteiger partial charge in [0.15, 0.2) is 30.9 Å². The van der Waals surface area contributed by atoms with E-state index in [1.165, 1.54) is 37.8 Å². The predicted molar refractivity (Wildman–Crippen MR) is 282 cm³/mol. The molecule has 1 unspecified atom stereocenters. The van der Waals surface area contributed by atoms with E-state index in [-0.39, 0.29) is 66.1 Å². The van der Waals surface area contributed by atoms with Gasteiger partial charge in [-0.2, -0.15) is 0 Å². The summed E-state index contributed by atoms with van der Waals surface area (Å²) in [4.78, 5) is 65.9. The minimum Gasteiger partial charge on any atom is -0.497 e. The summed E-state index contributed by atoms with van der Waals surface area (Å²) in [6.45, 7) is 14.8. The highest BCUT2D eigenvalue weighted by molar-refractivity contribution is 5.89. The number of allylic oxidation sites excluding steroid dienone is 1. The zero-order valence-electron chi connectivity index (χ0n) is 46.6. The number of Topliss-reactive ketones (excluding diaryl/α,β-unsaturated/α-hetero) is 1. The molecule has 20 heteroatoms. The summed E-state index contributed by atoms with van der Waals surface area (Å²) in [6, 6.07) is 5.99. The van der Waals surface area contributed by atoms with E-state index in [4.69, 9.17) is 42.6 Å². The number of aliphatic hydroxyl groups excluding tert-OH is 3. The van der Waals surface area contributed by atoms with Crippen molar-refractivity contribution in [2.45, 2.75) is 192 Å². The lowest BCUT2D eigenvalue weighted by molar-refractivity contribution is -0.345. The fraction of sp³-hybridized carbons (Fsp3) is 0.741. The van der Waals surface area contributed by atoms with E-state index in [0.717, 1.165) is 32.1 Å². The Kier molecular flexibility index (Phi) is 20.9. The number of methoxy groups -OCH3 is 1. The van der Waals surface area contributed by atoms with Crippen LogP contribution in [0, 0.1) is 40.4 Å². The van der Waals surface area contributed by atoms with Crippen molar-refractivity contribution in [3.63, 3.8) is 0 Å². The van der Waals surface area contributed by atoms with E-state index in [9.17, 15) is 44.4 Å². The molecule has 3 saturated carbocycles. The third-order valence-corrected chi connectivity index (χ3v) is 18.0. The molecular formula is C58H86N2O18. The smallest absolute Gasteiger partial charge is 0.407 e. The quantitative estimate of drug-likeness (QED) is 0.0307. The van der Waals surface area contributed by atoms with Gasteiger partial charge in [-0.15, -0.1) is 0 Å². The van der Waals surface area contributed by atoms with Crippen molar-refractivity contribution >= 4 is 29.9 Å². The Balaban J connectivity index is 1.10. The second kappa shape index (κ2) is 26.7. The molecule has 5 fully saturated rings. The molecular weight excluding hydrogens is 1010 g/mol. The zero-order chi connectivity index (χ0) is 56.5. The fourth-order valence-electron chi connectivity index (χ4n) is 13.5. The van der Waals surface area contributed by atoms with Crippen LogP contribution in [0.1, 0.15) is 135 Å². The van der Waals surface area contributed by atoms with Gasteiger partial charge in [-0.25, -0.2) is 14.4 Å². The number of fused-ring (bicyclic) bond motifs is 5. The molecule has 0 spiro atoms. The maximum Gasteiger partial charge on any atom is 0.407 e. The van der Waals surface area contributed by atoms with Crippen molar-refractivity contribution in [2.75, 3.05) is 40.0 Å². The minimum atomic E-state index is -1.75. The highest BCUT2D eigenvalue weighted by atomic mass is 16.8. The average Bonchev–Trinajstić information content (AvgIpc) is 3.66. The first-order chi connectivity index (χ1) is 37.1. The molecule has 6 N–H and O–H groups in total. The number of ether oxygens (including phenoxy) is 9. The molecule has 0 bridgehead atoms. The van der Waals surface area contributed by atoms with Gasteiger partial charge in [-0.1, -0.05) is 71.8 Å². The Morgan fingerprint density at radius 2 is 1.51 bits per heavy atom. The zero-order valence-corrected chi connectivity index (χ0v) is 46.6. The highest BCUT2D eigenvalue weighted by Gasteiger charge is 2.70. The van der Waals surface area contributed by atoms with Gasteiger partial charge in [0.2, 0.25) is 0 Å². The Hall–Kier alpha value is -4.67. The number of amides is 2. The normalized spacial score (nSPS) is 35.6. The predicted octanol–water partition coefficient (Wildman–Crippen LogP) is 6.23. The molecule has 1 aromatic carbocycles. The Labute approximate surface area is 458 Å². The fourth-order valence-corrected chi connectivity index (χ4v) is 13.5. The number of unbranched alkanes of at least 4 members (excludes halogenated alkanes) is 3. The highest BCUT2D eigenvalue weighted by Crippen LogP contribution is 2.69. The average molecular weight is 1100 g/mol. The second-order valence-electron chi connectivity index (χ2n) is 23.3. The molecule has 436 valence electrons. The number of hydrogen-bond acceptors (Lipinski definition) is 18. The molecule has 78 heavy (non-hydrogen) atoms. The lowest BCUT2D eigenvalue weighted by atomic mass is 9.46. The number of alkyl carbamates (subject to hydrolysis) is 2. The molecule has 1 aromatic rings. The lowest BCUT2D eigenvalue weighted by Crippen LogP contribution is -2.64. The SMILES string of the molecule is C=CCOC(=O)NCCCCCCNC(=O)O[C@@H]1CO[C@@H](O[C@@H]2[C@@H](OC(C)=O)[C@H](O[C@H]3C[C@H]4[C@@H]5CC=C6C[C@@H](O)CC[C@]6(C)C5CC[C@]4(C)[C@@]3(O)[C@H](C)C(=O)CCC(C)C)OC[C@@H]2O)[C@H](OC(=O)c2ccc(OC)cc2)[C@H]1O. The molecule has 0 aromatic heterocycles. The number of ketones is 1. The van der Waals surface area contributed by atoms with Gasteiger partial charge in [0.1, 0.15) is 42.1 Å². The molecule has 7 rings (SSSR count). The van der Waals surface area contributed by atoms with Crippen molar-refractivity contribution in [3.8, 4) is 5.75 Å². The van der Waals surface area contributed by atoms with Crippen LogP contribution in [0.5, 0.6) is 5.75 Å². The molecule has 6 aliphatic rings. The van der Waals surface area contributed by atoms with Crippen LogP contribution in [-0.2, 0) is 47.5 Å². The lowest BCUT2D eigenvalue weighted by Gasteiger charge is -2.59. The van der Waals surface area contributed by atoms with Crippen molar-refractivity contribution in [1.82, 2.24) is 10.6 Å². The molecule has 4 aliphatic carbocycles. The summed E-state index contributed by atoms with van der Waals surface area (Å²) in [7, 11) is 1.47. The van der Waals surface area contributed by atoms with Gasteiger partial charge in [0, 0.05) is 37.8 Å². The maximum absolute atomic E-state index is 14.3. The van der Waals surface area contributed by atoms with Gasteiger partial charge in [-0.3, -0.25) is 9.59 Å². The number of benzene rings is 1. The second-order valence-corrected chi connectivity index (χ2v) is 23.3. The monoisotopic (exact) mass is 1100 g/mol. The molecule has 2 aliphatic heterocycles. The van der Waals surface area contributed by atoms with E-state index in [0.29, 0.717) is 57.2 Å². The van der Waals surface area contributed by atoms with Crippen molar-refractivity contribution < 1.29 is 87.0 Å². The number of aliphatic hydroxyl groups is 4. The van der Waals surface area contributed by atoms with E-state index >= 15 is 0 Å². The minimum absolute atomic E-state index is 0.0705. The summed E-state index contributed by atoms with van der Waals surface area (Å²) in [5.74, 6) is -1.63. The first kappa shape index (κ1) is 61.0. The van der Waals surface area contributed by atoms with Gasteiger partial charge in [0.25, 0.3) is 0 Å². The first-order valence-electron chi connectivity index (χ1n) is 28.2. The molecule has 2 heterocycles. The molecule has 2 saturated heterocycles. The number of rotatable bonds is 23. The number of esters is 2. The van der Waals surface area contributed by atoms with Crippen LogP contribution in [0.25, 0.3) is 0 Å². The van der Waals surface area contributed by atoms with Gasteiger partial charge < -0.3 is 73.7 Å². The molecule has 0 radical (unpaired) electrons. The Bertz CT molecular complexity index is 2260. The standard InChI is InChI=1S/C58H86N2O18/c1-9-28-71-54(67)59-26-12-10-11-13-27-60-55(68)75-45-32-73-52(49(47(45)65)77-51(66)36-15-18-39(70-8)19-16-36)78-48-44(64)31-72-53(50(48)74-35(5)61)76-46-30-42-40-20-17-37-29-38(62)22-24-56(37,6)41(40)23-25-57(42,7)58(46,69)34(4)43(63)21-14-33(2)3/h9,15-19,33-34,38,40-42,44-50,52-53,62,64-65,69H,1,10-14,20-32H2,2-8H3,(H,59,67)(H,60,68)/t34-,38+,40-,41?,42+,44+,45-,46+,47+,48+,49-,50-,52+,53+,56+,57+,58-/m1/s1. The summed E-state index contributed by atoms with van der Waals surface area (Å²) in [6.07, 6.45) is -3.13. The summed E-state index contributed by atoms with van der Waals surface area (Å²) in [5.41, 5.74) is -1.27. The van der Waals surface area contributed by atoms with E-state index < -0.39 is 110 Å². The van der Waals surface area contributed by atoms with Crippen LogP contribution >= 0.6 is 0 Å². The van der Waals surface area contributed by atoms with E-state index in [1.54, 1.807) is 19.1 Å². The van der Waals surface area contributed by atoms with Crippen LogP contribution in [0.2, 0.25) is 0 Å². The van der Waals surface area contributed by atoms with Crippen molar-refractivity contribution in [2.24, 2.45) is 40.4 Å². The van der Waals surface area contributed by atoms with Gasteiger partial charge in [-0.05, 0) is 118 Å². The topological polar surface area (TPSA) is 273 Å². The molecule has 17 atom stereocenters.